The molecule has 5 nitrogen and oxygen atoms in total. The molecule has 3 N–H and O–H groups in total. The summed E-state index contributed by atoms with van der Waals surface area (Å²) in [6.45, 7) is 4.08. The van der Waals surface area contributed by atoms with E-state index < -0.39 is 5.97 Å². The molecular formula is C13H19N3O2. The molecule has 0 aliphatic carbocycles. The maximum absolute atomic E-state index is 11.1. The largest absolute Gasteiger partial charge is 0.478 e. The lowest BCUT2D eigenvalue weighted by Crippen LogP contribution is -2.35. The number of hydrogen-bond donors (Lipinski definition) is 2. The number of piperidine rings is 1. The first-order chi connectivity index (χ1) is 8.61. The number of hydrogen-bond acceptors (Lipinski definition) is 4. The third kappa shape index (κ3) is 2.55. The summed E-state index contributed by atoms with van der Waals surface area (Å²) in [6.07, 6.45) is 4.96. The van der Waals surface area contributed by atoms with E-state index in [9.17, 15) is 4.79 Å². The Kier molecular flexibility index (Phi) is 3.69. The average molecular weight is 249 g/mol. The Morgan fingerprint density at radius 3 is 3.11 bits per heavy atom. The lowest BCUT2D eigenvalue weighted by molar-refractivity contribution is 0.0698. The molecule has 0 bridgehead atoms. The molecule has 18 heavy (non-hydrogen) atoms. The summed E-state index contributed by atoms with van der Waals surface area (Å²) in [6, 6.07) is 1.58. The minimum atomic E-state index is -1.000. The van der Waals surface area contributed by atoms with Crippen molar-refractivity contribution in [1.82, 2.24) is 4.98 Å². The van der Waals surface area contributed by atoms with Gasteiger partial charge in [0.25, 0.3) is 0 Å². The predicted molar refractivity (Wildman–Crippen MR) is 70.8 cm³/mol. The van der Waals surface area contributed by atoms with Crippen LogP contribution in [0.3, 0.4) is 0 Å². The molecule has 98 valence electrons. The van der Waals surface area contributed by atoms with E-state index in [1.807, 2.05) is 0 Å². The van der Waals surface area contributed by atoms with Crippen molar-refractivity contribution in [2.24, 2.45) is 5.92 Å². The summed E-state index contributed by atoms with van der Waals surface area (Å²) in [5, 5.41) is 9.06. The van der Waals surface area contributed by atoms with Crippen molar-refractivity contribution < 1.29 is 9.90 Å². The Morgan fingerprint density at radius 1 is 1.67 bits per heavy atom. The molecular weight excluding hydrogens is 230 g/mol. The fourth-order valence-electron chi connectivity index (χ4n) is 2.42. The number of nitrogen functional groups attached to an aromatic ring is 1. The Balaban J connectivity index is 2.22. The fourth-order valence-corrected chi connectivity index (χ4v) is 2.42. The van der Waals surface area contributed by atoms with Crippen molar-refractivity contribution in [2.45, 2.75) is 26.2 Å². The van der Waals surface area contributed by atoms with Crippen LogP contribution < -0.4 is 10.6 Å². The molecule has 5 heteroatoms. The Morgan fingerprint density at radius 2 is 2.44 bits per heavy atom. The SMILES string of the molecule is CCC1CCCN(c2cc(C(=O)O)c(N)cn2)C1. The summed E-state index contributed by atoms with van der Waals surface area (Å²) >= 11 is 0. The standard InChI is InChI=1S/C13H19N3O2/c1-2-9-4-3-5-16(8-9)12-6-10(13(17)18)11(14)7-15-12/h6-7,9H,2-5,8,14H2,1H3,(H,17,18). The van der Waals surface area contributed by atoms with Gasteiger partial charge in [0.05, 0.1) is 17.4 Å². The molecule has 2 rings (SSSR count). The predicted octanol–water partition coefficient (Wildman–Crippen LogP) is 1.99. The van der Waals surface area contributed by atoms with Crippen LogP contribution in [-0.2, 0) is 0 Å². The molecule has 1 aliphatic heterocycles. The van der Waals surface area contributed by atoms with Crippen LogP contribution in [0.1, 0.15) is 36.5 Å². The van der Waals surface area contributed by atoms with Crippen LogP contribution >= 0.6 is 0 Å². The Bertz CT molecular complexity index is 448. The van der Waals surface area contributed by atoms with Gasteiger partial charge in [-0.05, 0) is 24.8 Å². The highest BCUT2D eigenvalue weighted by Gasteiger charge is 2.21. The molecule has 1 saturated heterocycles. The van der Waals surface area contributed by atoms with E-state index in [-0.39, 0.29) is 11.3 Å². The molecule has 0 aromatic carbocycles. The van der Waals surface area contributed by atoms with Crippen LogP contribution in [0.2, 0.25) is 0 Å². The van der Waals surface area contributed by atoms with E-state index in [0.717, 1.165) is 31.7 Å². The first kappa shape index (κ1) is 12.7. The highest BCUT2D eigenvalue weighted by molar-refractivity contribution is 5.94. The fraction of sp³-hybridized carbons (Fsp3) is 0.538. The smallest absolute Gasteiger partial charge is 0.337 e. The van der Waals surface area contributed by atoms with Gasteiger partial charge in [-0.15, -0.1) is 0 Å². The van der Waals surface area contributed by atoms with E-state index in [2.05, 4.69) is 16.8 Å². The van der Waals surface area contributed by atoms with Gasteiger partial charge in [0.15, 0.2) is 0 Å². The number of nitrogens with two attached hydrogens (primary N) is 1. The van der Waals surface area contributed by atoms with Gasteiger partial charge in [-0.2, -0.15) is 0 Å². The molecule has 1 fully saturated rings. The van der Waals surface area contributed by atoms with E-state index in [1.165, 1.54) is 12.6 Å². The van der Waals surface area contributed by atoms with Crippen LogP contribution in [0.4, 0.5) is 11.5 Å². The van der Waals surface area contributed by atoms with Crippen LogP contribution in [0, 0.1) is 5.92 Å². The molecule has 2 heterocycles. The third-order valence-corrected chi connectivity index (χ3v) is 3.57. The second kappa shape index (κ2) is 5.25. The van der Waals surface area contributed by atoms with E-state index >= 15 is 0 Å². The molecule has 1 aliphatic rings. The number of rotatable bonds is 3. The summed E-state index contributed by atoms with van der Waals surface area (Å²) < 4.78 is 0. The van der Waals surface area contributed by atoms with Crippen LogP contribution in [0.5, 0.6) is 0 Å². The lowest BCUT2D eigenvalue weighted by Gasteiger charge is -2.33. The highest BCUT2D eigenvalue weighted by Crippen LogP contribution is 2.25. The van der Waals surface area contributed by atoms with Crippen molar-refractivity contribution in [3.8, 4) is 0 Å². The third-order valence-electron chi connectivity index (χ3n) is 3.57. The zero-order valence-electron chi connectivity index (χ0n) is 10.6. The number of anilines is 2. The number of carboxylic acids is 1. The number of carboxylic acid groups (broad SMARTS) is 1. The summed E-state index contributed by atoms with van der Waals surface area (Å²) in [5.41, 5.74) is 5.97. The summed E-state index contributed by atoms with van der Waals surface area (Å²) in [4.78, 5) is 17.5. The molecule has 0 saturated carbocycles. The minimum absolute atomic E-state index is 0.138. The first-order valence-electron chi connectivity index (χ1n) is 6.35. The lowest BCUT2D eigenvalue weighted by atomic mass is 9.95. The van der Waals surface area contributed by atoms with Crippen molar-refractivity contribution in [3.63, 3.8) is 0 Å². The number of aromatic carboxylic acids is 1. The second-order valence-electron chi connectivity index (χ2n) is 4.80. The van der Waals surface area contributed by atoms with E-state index in [0.29, 0.717) is 5.92 Å². The average Bonchev–Trinajstić information content (AvgIpc) is 2.39. The van der Waals surface area contributed by atoms with Crippen molar-refractivity contribution in [2.75, 3.05) is 23.7 Å². The molecule has 1 aromatic rings. The quantitative estimate of drug-likeness (QED) is 0.856. The summed E-state index contributed by atoms with van der Waals surface area (Å²) in [7, 11) is 0. The van der Waals surface area contributed by atoms with Crippen molar-refractivity contribution in [1.29, 1.82) is 0 Å². The van der Waals surface area contributed by atoms with Crippen LogP contribution in [0.15, 0.2) is 12.3 Å². The normalized spacial score (nSPS) is 19.8. The van der Waals surface area contributed by atoms with Gasteiger partial charge in [0, 0.05) is 13.1 Å². The highest BCUT2D eigenvalue weighted by atomic mass is 16.4. The molecule has 1 aromatic heterocycles. The topological polar surface area (TPSA) is 79.5 Å². The second-order valence-corrected chi connectivity index (χ2v) is 4.80. The summed E-state index contributed by atoms with van der Waals surface area (Å²) in [5.74, 6) is 0.395. The number of aromatic nitrogens is 1. The van der Waals surface area contributed by atoms with Gasteiger partial charge in [-0.1, -0.05) is 13.3 Å². The van der Waals surface area contributed by atoms with Crippen molar-refractivity contribution in [3.05, 3.63) is 17.8 Å². The van der Waals surface area contributed by atoms with Gasteiger partial charge in [-0.3, -0.25) is 0 Å². The monoisotopic (exact) mass is 249 g/mol. The number of carbonyl (C=O) groups is 1. The number of nitrogens with zero attached hydrogens (tertiary/aromatic N) is 2. The molecule has 0 amide bonds. The zero-order valence-corrected chi connectivity index (χ0v) is 10.6. The first-order valence-corrected chi connectivity index (χ1v) is 6.35. The van der Waals surface area contributed by atoms with Gasteiger partial charge in [-0.25, -0.2) is 9.78 Å². The van der Waals surface area contributed by atoms with Gasteiger partial charge in [0.1, 0.15) is 5.82 Å². The van der Waals surface area contributed by atoms with Crippen molar-refractivity contribution >= 4 is 17.5 Å². The minimum Gasteiger partial charge on any atom is -0.478 e. The van der Waals surface area contributed by atoms with Crippen LogP contribution in [0.25, 0.3) is 0 Å². The maximum atomic E-state index is 11.1. The van der Waals surface area contributed by atoms with E-state index in [1.54, 1.807) is 6.07 Å². The molecule has 0 spiro atoms. The molecule has 0 radical (unpaired) electrons. The van der Waals surface area contributed by atoms with Gasteiger partial charge in [0.2, 0.25) is 0 Å². The Labute approximate surface area is 107 Å². The molecule has 1 unspecified atom stereocenters. The number of pyridine rings is 1. The molecule has 1 atom stereocenters. The van der Waals surface area contributed by atoms with E-state index in [4.69, 9.17) is 10.8 Å². The van der Waals surface area contributed by atoms with Crippen LogP contribution in [-0.4, -0.2) is 29.1 Å². The maximum Gasteiger partial charge on any atom is 0.337 e. The van der Waals surface area contributed by atoms with Gasteiger partial charge >= 0.3 is 5.97 Å². The zero-order chi connectivity index (χ0) is 13.1. The van der Waals surface area contributed by atoms with Gasteiger partial charge < -0.3 is 15.7 Å². The Hall–Kier alpha value is -1.78.